The summed E-state index contributed by atoms with van der Waals surface area (Å²) in [6.45, 7) is 0. The third-order valence-electron chi connectivity index (χ3n) is 1.79. The van der Waals surface area contributed by atoms with E-state index >= 15 is 0 Å². The Morgan fingerprint density at radius 3 is 2.40 bits per heavy atom. The second kappa shape index (κ2) is 5.21. The van der Waals surface area contributed by atoms with Crippen molar-refractivity contribution >= 4 is 31.9 Å². The van der Waals surface area contributed by atoms with Gasteiger partial charge in [-0.15, -0.1) is 0 Å². The molecule has 0 saturated heterocycles. The van der Waals surface area contributed by atoms with E-state index in [1.54, 1.807) is 0 Å². The maximum Gasteiger partial charge on any atom is 0.255 e. The first-order valence-electron chi connectivity index (χ1n) is 3.92. The average molecular weight is 348 g/mol. The maximum atomic E-state index is 13.1. The van der Waals surface area contributed by atoms with Gasteiger partial charge in [-0.2, -0.15) is 0 Å². The lowest BCUT2D eigenvalue weighted by atomic mass is 10.1. The molecule has 0 N–H and O–H groups in total. The minimum Gasteiger partial charge on any atom is -0.496 e. The minimum absolute atomic E-state index is 0.0953. The van der Waals surface area contributed by atoms with Gasteiger partial charge in [0.1, 0.15) is 16.4 Å². The Morgan fingerprint density at radius 2 is 1.93 bits per heavy atom. The Morgan fingerprint density at radius 1 is 1.33 bits per heavy atom. The van der Waals surface area contributed by atoms with Crippen LogP contribution in [0.15, 0.2) is 16.6 Å². The van der Waals surface area contributed by atoms with E-state index in [9.17, 15) is 13.2 Å². The number of hydrogen-bond donors (Lipinski definition) is 0. The smallest absolute Gasteiger partial charge is 0.255 e. The first-order chi connectivity index (χ1) is 6.97. The zero-order valence-corrected chi connectivity index (χ0v) is 10.8. The molecule has 0 heterocycles. The summed E-state index contributed by atoms with van der Waals surface area (Å²) in [6.07, 6.45) is -2.59. The number of methoxy groups -OCH3 is 1. The summed E-state index contributed by atoms with van der Waals surface area (Å²) in [5.41, 5.74) is 0.209. The fourth-order valence-corrected chi connectivity index (χ4v) is 1.79. The third kappa shape index (κ3) is 2.87. The van der Waals surface area contributed by atoms with Gasteiger partial charge in [0.2, 0.25) is 0 Å². The maximum absolute atomic E-state index is 13.1. The van der Waals surface area contributed by atoms with Gasteiger partial charge in [-0.25, -0.2) is 13.2 Å². The SMILES string of the molecule is COc1cc(F)c(Br)cc1C(Br)C(F)F. The molecule has 0 aliphatic carbocycles. The van der Waals surface area contributed by atoms with E-state index in [-0.39, 0.29) is 15.8 Å². The average Bonchev–Trinajstić information content (AvgIpc) is 2.20. The topological polar surface area (TPSA) is 9.23 Å². The van der Waals surface area contributed by atoms with Gasteiger partial charge < -0.3 is 4.74 Å². The molecule has 84 valence electrons. The van der Waals surface area contributed by atoms with Crippen molar-refractivity contribution < 1.29 is 17.9 Å². The van der Waals surface area contributed by atoms with Crippen LogP contribution in [-0.4, -0.2) is 13.5 Å². The molecule has 1 nitrogen and oxygen atoms in total. The molecule has 0 aromatic heterocycles. The van der Waals surface area contributed by atoms with Gasteiger partial charge in [-0.3, -0.25) is 0 Å². The number of ether oxygens (including phenoxy) is 1. The van der Waals surface area contributed by atoms with E-state index in [1.165, 1.54) is 13.2 Å². The molecule has 6 heteroatoms. The summed E-state index contributed by atoms with van der Waals surface area (Å²) in [6, 6.07) is 2.34. The standard InChI is InChI=1S/C9H7Br2F3O/c1-15-7-3-6(12)5(10)2-4(7)8(11)9(13)14/h2-3,8-9H,1H3. The highest BCUT2D eigenvalue weighted by molar-refractivity contribution is 9.10. The number of benzene rings is 1. The van der Waals surface area contributed by atoms with Gasteiger partial charge in [-0.05, 0) is 22.0 Å². The van der Waals surface area contributed by atoms with Gasteiger partial charge in [0.15, 0.2) is 0 Å². The predicted molar refractivity (Wildman–Crippen MR) is 58.3 cm³/mol. The molecule has 1 aromatic carbocycles. The lowest BCUT2D eigenvalue weighted by molar-refractivity contribution is 0.146. The van der Waals surface area contributed by atoms with Crippen molar-refractivity contribution in [1.82, 2.24) is 0 Å². The van der Waals surface area contributed by atoms with E-state index in [0.29, 0.717) is 0 Å². The molecule has 1 atom stereocenters. The van der Waals surface area contributed by atoms with E-state index in [2.05, 4.69) is 31.9 Å². The number of halogens is 5. The first-order valence-corrected chi connectivity index (χ1v) is 5.63. The summed E-state index contributed by atoms with van der Waals surface area (Å²) < 4.78 is 42.9. The van der Waals surface area contributed by atoms with Crippen LogP contribution in [0.25, 0.3) is 0 Å². The summed E-state index contributed by atoms with van der Waals surface area (Å²) in [5.74, 6) is -0.456. The predicted octanol–water partition coefficient (Wildman–Crippen LogP) is 4.30. The van der Waals surface area contributed by atoms with Crippen LogP contribution >= 0.6 is 31.9 Å². The molecule has 0 amide bonds. The fraction of sp³-hybridized carbons (Fsp3) is 0.333. The normalized spacial score (nSPS) is 13.0. The lowest BCUT2D eigenvalue weighted by Gasteiger charge is -2.14. The lowest BCUT2D eigenvalue weighted by Crippen LogP contribution is -2.04. The van der Waals surface area contributed by atoms with Gasteiger partial charge in [-0.1, -0.05) is 15.9 Å². The Balaban J connectivity index is 3.21. The summed E-state index contributed by atoms with van der Waals surface area (Å²) >= 11 is 5.76. The first kappa shape index (κ1) is 12.8. The summed E-state index contributed by atoms with van der Waals surface area (Å²) in [5, 5.41) is 0. The molecule has 1 unspecified atom stereocenters. The Bertz CT molecular complexity index is 357. The van der Waals surface area contributed by atoms with Crippen LogP contribution in [0.4, 0.5) is 13.2 Å². The Hall–Kier alpha value is -0.230. The third-order valence-corrected chi connectivity index (χ3v) is 3.29. The fourth-order valence-electron chi connectivity index (χ4n) is 1.07. The van der Waals surface area contributed by atoms with Crippen LogP contribution in [0.3, 0.4) is 0 Å². The zero-order valence-electron chi connectivity index (χ0n) is 7.61. The Labute approximate surface area is 102 Å². The summed E-state index contributed by atoms with van der Waals surface area (Å²) in [7, 11) is 1.30. The van der Waals surface area contributed by atoms with Crippen LogP contribution in [-0.2, 0) is 0 Å². The van der Waals surface area contributed by atoms with Gasteiger partial charge in [0.25, 0.3) is 6.43 Å². The quantitative estimate of drug-likeness (QED) is 0.741. The number of rotatable bonds is 3. The van der Waals surface area contributed by atoms with Crippen LogP contribution in [0.2, 0.25) is 0 Å². The number of hydrogen-bond acceptors (Lipinski definition) is 1. The molecular weight excluding hydrogens is 341 g/mol. The van der Waals surface area contributed by atoms with Crippen molar-refractivity contribution in [2.24, 2.45) is 0 Å². The van der Waals surface area contributed by atoms with Crippen LogP contribution in [0.1, 0.15) is 10.4 Å². The highest BCUT2D eigenvalue weighted by atomic mass is 79.9. The van der Waals surface area contributed by atoms with Crippen LogP contribution in [0.5, 0.6) is 5.75 Å². The number of alkyl halides is 3. The van der Waals surface area contributed by atoms with E-state index in [1.807, 2.05) is 0 Å². The molecule has 1 rings (SSSR count). The van der Waals surface area contributed by atoms with E-state index in [4.69, 9.17) is 4.74 Å². The highest BCUT2D eigenvalue weighted by Crippen LogP contribution is 2.38. The minimum atomic E-state index is -2.59. The monoisotopic (exact) mass is 346 g/mol. The molecule has 0 fully saturated rings. The molecule has 0 saturated carbocycles. The van der Waals surface area contributed by atoms with Crippen molar-refractivity contribution in [2.45, 2.75) is 11.3 Å². The van der Waals surface area contributed by atoms with E-state index in [0.717, 1.165) is 6.07 Å². The molecule has 1 aromatic rings. The summed E-state index contributed by atoms with van der Waals surface area (Å²) in [4.78, 5) is -1.18. The largest absolute Gasteiger partial charge is 0.496 e. The second-order valence-electron chi connectivity index (χ2n) is 2.74. The van der Waals surface area contributed by atoms with Crippen molar-refractivity contribution in [3.05, 3.63) is 28.0 Å². The van der Waals surface area contributed by atoms with Crippen LogP contribution in [0, 0.1) is 5.82 Å². The Kier molecular flexibility index (Phi) is 4.45. The molecule has 15 heavy (non-hydrogen) atoms. The second-order valence-corrected chi connectivity index (χ2v) is 4.59. The highest BCUT2D eigenvalue weighted by Gasteiger charge is 2.23. The van der Waals surface area contributed by atoms with Gasteiger partial charge in [0.05, 0.1) is 11.6 Å². The molecule has 0 radical (unpaired) electrons. The molecule has 0 spiro atoms. The molecular formula is C9H7Br2F3O. The van der Waals surface area contributed by atoms with Crippen LogP contribution < -0.4 is 4.74 Å². The zero-order chi connectivity index (χ0) is 11.6. The van der Waals surface area contributed by atoms with Gasteiger partial charge in [0, 0.05) is 11.6 Å². The van der Waals surface area contributed by atoms with Crippen molar-refractivity contribution in [3.63, 3.8) is 0 Å². The van der Waals surface area contributed by atoms with E-state index < -0.39 is 17.1 Å². The molecule has 0 aliphatic rings. The molecule has 0 bridgehead atoms. The van der Waals surface area contributed by atoms with Crippen molar-refractivity contribution in [1.29, 1.82) is 0 Å². The van der Waals surface area contributed by atoms with Crippen molar-refractivity contribution in [2.75, 3.05) is 7.11 Å². The molecule has 0 aliphatic heterocycles. The van der Waals surface area contributed by atoms with Crippen molar-refractivity contribution in [3.8, 4) is 5.75 Å². The van der Waals surface area contributed by atoms with Gasteiger partial charge >= 0.3 is 0 Å².